The minimum atomic E-state index is -4.01. The van der Waals surface area contributed by atoms with E-state index in [0.717, 1.165) is 4.90 Å². The topological polar surface area (TPSA) is 169 Å². The molecule has 1 N–H and O–H groups in total. The lowest BCUT2D eigenvalue weighted by Gasteiger charge is -2.24. The van der Waals surface area contributed by atoms with Crippen molar-refractivity contribution in [3.8, 4) is 0 Å². The van der Waals surface area contributed by atoms with Crippen molar-refractivity contribution >= 4 is 65.1 Å². The molecule has 1 fully saturated rings. The summed E-state index contributed by atoms with van der Waals surface area (Å²) in [4.78, 5) is 64.5. The van der Waals surface area contributed by atoms with Crippen molar-refractivity contribution in [3.05, 3.63) is 64.6 Å². The summed E-state index contributed by atoms with van der Waals surface area (Å²) in [7, 11) is -4.01. The number of carbonyl (C=O) groups excluding carboxylic acids is 5. The number of benzene rings is 2. The number of ether oxygens (including phenoxy) is 4. The van der Waals surface area contributed by atoms with Crippen LogP contribution in [0.1, 0.15) is 57.0 Å². The highest BCUT2D eigenvalue weighted by atomic mass is 35.5. The lowest BCUT2D eigenvalue weighted by Crippen LogP contribution is -2.46. The molecule has 2 amide bonds. The van der Waals surface area contributed by atoms with Crippen LogP contribution < -0.4 is 10.6 Å². The Morgan fingerprint density at radius 3 is 2.36 bits per heavy atom. The van der Waals surface area contributed by atoms with Gasteiger partial charge in [0.1, 0.15) is 31.2 Å². The van der Waals surface area contributed by atoms with Crippen LogP contribution in [0, 0.1) is 5.82 Å². The summed E-state index contributed by atoms with van der Waals surface area (Å²) in [6.45, 7) is 5.48. The number of aromatic nitrogens is 1. The number of Topliss-reactive ketones (excluding diaryl/α,β-unsaturated/α-hetero) is 1. The van der Waals surface area contributed by atoms with E-state index in [9.17, 15) is 37.3 Å². The predicted octanol–water partition coefficient (Wildman–Crippen LogP) is 5.89. The van der Waals surface area contributed by atoms with Crippen LogP contribution in [0.25, 0.3) is 10.9 Å². The SMILES string of the molecule is CC(=O)c1cn(CC(=O)N2C[C@H](F)C[C@H]2C(=O)NCc2cccc(Cl)c2F)c2cc(P(=O)(CCOC(=O)OC(C)C)OCOC(=O)OC(C)C)ccc12. The van der Waals surface area contributed by atoms with Crippen LogP contribution in [-0.4, -0.2) is 89.9 Å². The van der Waals surface area contributed by atoms with Gasteiger partial charge in [-0.25, -0.2) is 18.4 Å². The minimum absolute atomic E-state index is 0.0593. The molecule has 53 heavy (non-hydrogen) atoms. The maximum Gasteiger partial charge on any atom is 0.510 e. The molecule has 0 spiro atoms. The summed E-state index contributed by atoms with van der Waals surface area (Å²) in [6, 6.07) is 7.44. The van der Waals surface area contributed by atoms with Gasteiger partial charge in [-0.2, -0.15) is 0 Å². The highest BCUT2D eigenvalue weighted by molar-refractivity contribution is 7.67. The van der Waals surface area contributed by atoms with Gasteiger partial charge in [0.25, 0.3) is 0 Å². The van der Waals surface area contributed by atoms with Crippen LogP contribution in [-0.2, 0) is 50.7 Å². The zero-order valence-electron chi connectivity index (χ0n) is 29.8. The van der Waals surface area contributed by atoms with Gasteiger partial charge in [-0.05, 0) is 52.8 Å². The quantitative estimate of drug-likeness (QED) is 0.0844. The Morgan fingerprint density at radius 2 is 1.70 bits per heavy atom. The molecule has 288 valence electrons. The van der Waals surface area contributed by atoms with Gasteiger partial charge in [-0.15, -0.1) is 0 Å². The summed E-state index contributed by atoms with van der Waals surface area (Å²) >= 11 is 5.83. The summed E-state index contributed by atoms with van der Waals surface area (Å²) in [5, 5.41) is 2.86. The van der Waals surface area contributed by atoms with Crippen LogP contribution in [0.15, 0.2) is 42.6 Å². The molecule has 0 bridgehead atoms. The first kappa shape index (κ1) is 41.2. The van der Waals surface area contributed by atoms with Gasteiger partial charge < -0.3 is 33.7 Å². The van der Waals surface area contributed by atoms with Crippen LogP contribution in [0.3, 0.4) is 0 Å². The van der Waals surface area contributed by atoms with Gasteiger partial charge >= 0.3 is 12.3 Å². The first-order chi connectivity index (χ1) is 25.0. The average Bonchev–Trinajstić information content (AvgIpc) is 3.65. The summed E-state index contributed by atoms with van der Waals surface area (Å²) in [6.07, 6.45) is -3.81. The van der Waals surface area contributed by atoms with Crippen LogP contribution in [0.2, 0.25) is 5.02 Å². The molecule has 1 aromatic heterocycles. The maximum absolute atomic E-state index is 14.7. The summed E-state index contributed by atoms with van der Waals surface area (Å²) in [5.74, 6) is -2.42. The number of amides is 2. The van der Waals surface area contributed by atoms with E-state index in [4.69, 9.17) is 35.1 Å². The Balaban J connectivity index is 1.60. The monoisotopic (exact) mass is 783 g/mol. The highest BCUT2D eigenvalue weighted by Gasteiger charge is 2.40. The standard InChI is InChI=1S/C35H41ClF2N3O11P/c1-20(2)51-34(45)48-11-12-53(47,50-19-49-35(46)52-21(3)4)25-9-10-26-27(22(5)42)17-40(29(26)14-25)18-31(43)41-16-24(37)13-30(41)33(44)39-15-23-7-6-8-28(36)32(23)38/h6-10,14,17,20-21,24,30H,11-13,15-16,18-19H2,1-5H3,(H,39,44)/t24-,30+,53?/m1/s1. The number of fused-ring (bicyclic) bond motifs is 1. The lowest BCUT2D eigenvalue weighted by atomic mass is 10.1. The Bertz CT molecular complexity index is 1870. The molecule has 0 radical (unpaired) electrons. The van der Waals surface area contributed by atoms with E-state index in [1.807, 2.05) is 0 Å². The molecule has 3 aromatic rings. The van der Waals surface area contributed by atoms with E-state index in [2.05, 4.69) is 5.32 Å². The largest absolute Gasteiger partial charge is 0.510 e. The number of hydrogen-bond donors (Lipinski definition) is 1. The molecular weight excluding hydrogens is 743 g/mol. The van der Waals surface area contributed by atoms with Crippen molar-refractivity contribution in [3.63, 3.8) is 0 Å². The van der Waals surface area contributed by atoms with Crippen LogP contribution in [0.5, 0.6) is 0 Å². The molecule has 1 unspecified atom stereocenters. The van der Waals surface area contributed by atoms with Crippen LogP contribution >= 0.6 is 19.0 Å². The predicted molar refractivity (Wildman–Crippen MR) is 189 cm³/mol. The second-order valence-corrected chi connectivity index (χ2v) is 15.7. The van der Waals surface area contributed by atoms with Gasteiger partial charge in [0.15, 0.2) is 5.78 Å². The Kier molecular flexibility index (Phi) is 14.0. The third kappa shape index (κ3) is 10.8. The van der Waals surface area contributed by atoms with Crippen molar-refractivity contribution in [2.75, 3.05) is 26.1 Å². The van der Waals surface area contributed by atoms with Gasteiger partial charge in [-0.1, -0.05) is 29.8 Å². The van der Waals surface area contributed by atoms with Crippen molar-refractivity contribution in [1.29, 1.82) is 0 Å². The molecule has 3 atom stereocenters. The first-order valence-electron chi connectivity index (χ1n) is 16.7. The molecule has 4 rings (SSSR count). The second-order valence-electron chi connectivity index (χ2n) is 12.7. The molecule has 1 aliphatic heterocycles. The summed E-state index contributed by atoms with van der Waals surface area (Å²) in [5.41, 5.74) is 0.589. The smallest absolute Gasteiger partial charge is 0.434 e. The van der Waals surface area contributed by atoms with Gasteiger partial charge in [0.05, 0.1) is 35.5 Å². The van der Waals surface area contributed by atoms with E-state index in [1.165, 1.54) is 54.1 Å². The van der Waals surface area contributed by atoms with Crippen molar-refractivity contribution in [2.45, 2.75) is 78.6 Å². The van der Waals surface area contributed by atoms with E-state index in [0.29, 0.717) is 5.39 Å². The van der Waals surface area contributed by atoms with Gasteiger partial charge in [0, 0.05) is 41.0 Å². The van der Waals surface area contributed by atoms with Crippen molar-refractivity contribution < 1.29 is 60.8 Å². The molecule has 2 heterocycles. The van der Waals surface area contributed by atoms with E-state index in [1.54, 1.807) is 27.7 Å². The molecule has 0 saturated carbocycles. The fourth-order valence-electron chi connectivity index (χ4n) is 5.56. The Labute approximate surface area is 309 Å². The van der Waals surface area contributed by atoms with E-state index in [-0.39, 0.29) is 58.4 Å². The third-order valence-corrected chi connectivity index (χ3v) is 10.7. The number of alkyl halides is 1. The number of likely N-dealkylation sites (tertiary alicyclic amines) is 1. The zero-order valence-corrected chi connectivity index (χ0v) is 31.4. The van der Waals surface area contributed by atoms with Gasteiger partial charge in [0.2, 0.25) is 26.0 Å². The molecule has 0 aliphatic carbocycles. The number of nitrogens with zero attached hydrogens (tertiary/aromatic N) is 2. The van der Waals surface area contributed by atoms with Crippen molar-refractivity contribution in [1.82, 2.24) is 14.8 Å². The normalized spacial score (nSPS) is 16.8. The fraction of sp³-hybridized carbons (Fsp3) is 0.457. The number of hydrogen-bond acceptors (Lipinski definition) is 11. The van der Waals surface area contributed by atoms with E-state index >= 15 is 0 Å². The summed E-state index contributed by atoms with van der Waals surface area (Å²) < 4.78 is 70.3. The number of halogens is 3. The number of rotatable bonds is 15. The average molecular weight is 784 g/mol. The van der Waals surface area contributed by atoms with Gasteiger partial charge in [-0.3, -0.25) is 23.5 Å². The third-order valence-electron chi connectivity index (χ3n) is 8.01. The first-order valence-corrected chi connectivity index (χ1v) is 18.9. The number of ketones is 1. The fourth-order valence-corrected chi connectivity index (χ4v) is 7.47. The minimum Gasteiger partial charge on any atom is -0.434 e. The molecule has 2 aromatic carbocycles. The van der Waals surface area contributed by atoms with E-state index < -0.39 is 81.7 Å². The number of carbonyl (C=O) groups is 5. The lowest BCUT2D eigenvalue weighted by molar-refractivity contribution is -0.139. The molecule has 1 aliphatic rings. The maximum atomic E-state index is 14.7. The molecule has 18 heteroatoms. The molecular formula is C35H41ClF2N3O11P. The Hall–Kier alpha value is -4.53. The zero-order chi connectivity index (χ0) is 39.0. The second kappa shape index (κ2) is 18.0. The van der Waals surface area contributed by atoms with Crippen LogP contribution in [0.4, 0.5) is 18.4 Å². The molecule has 1 saturated heterocycles. The van der Waals surface area contributed by atoms with Crippen molar-refractivity contribution in [2.24, 2.45) is 0 Å². The number of nitrogens with one attached hydrogen (secondary N) is 1. The molecule has 14 nitrogen and oxygen atoms in total. The highest BCUT2D eigenvalue weighted by Crippen LogP contribution is 2.46. The Morgan fingerprint density at radius 1 is 1.02 bits per heavy atom.